The zero-order valence-electron chi connectivity index (χ0n) is 14.2. The van der Waals surface area contributed by atoms with Crippen molar-refractivity contribution in [1.29, 1.82) is 0 Å². The molecule has 2 amide bonds. The van der Waals surface area contributed by atoms with E-state index in [1.807, 2.05) is 6.92 Å². The molecule has 26 heavy (non-hydrogen) atoms. The Morgan fingerprint density at radius 2 is 1.92 bits per heavy atom. The summed E-state index contributed by atoms with van der Waals surface area (Å²) in [5.41, 5.74) is 5.20. The highest BCUT2D eigenvalue weighted by Gasteiger charge is 2.17. The van der Waals surface area contributed by atoms with Crippen molar-refractivity contribution in [3.63, 3.8) is 0 Å². The topological polar surface area (TPSA) is 76.7 Å². The Bertz CT molecular complexity index is 801. The number of rotatable bonds is 6. The molecular weight excluding hydrogens is 363 g/mol. The van der Waals surface area contributed by atoms with E-state index < -0.39 is 23.7 Å². The Balaban J connectivity index is 1.76. The predicted octanol–water partition coefficient (Wildman–Crippen LogP) is 2.78. The second-order valence-corrected chi connectivity index (χ2v) is 5.83. The molecular formula is C18H18ClFN2O4. The summed E-state index contributed by atoms with van der Waals surface area (Å²) in [6.07, 6.45) is -1.01. The van der Waals surface area contributed by atoms with Crippen molar-refractivity contribution in [3.8, 4) is 11.5 Å². The van der Waals surface area contributed by atoms with Crippen molar-refractivity contribution in [2.75, 3.05) is 6.61 Å². The minimum atomic E-state index is -1.01. The van der Waals surface area contributed by atoms with Gasteiger partial charge >= 0.3 is 0 Å². The summed E-state index contributed by atoms with van der Waals surface area (Å²) in [4.78, 5) is 23.6. The van der Waals surface area contributed by atoms with Crippen LogP contribution in [0.1, 0.15) is 12.5 Å². The van der Waals surface area contributed by atoms with Crippen LogP contribution in [0.15, 0.2) is 42.5 Å². The van der Waals surface area contributed by atoms with E-state index in [4.69, 9.17) is 21.1 Å². The number of nitrogens with one attached hydrogen (secondary N) is 2. The summed E-state index contributed by atoms with van der Waals surface area (Å²) in [5.74, 6) is -1.36. The van der Waals surface area contributed by atoms with E-state index >= 15 is 0 Å². The van der Waals surface area contributed by atoms with Gasteiger partial charge in [-0.25, -0.2) is 4.39 Å². The van der Waals surface area contributed by atoms with Crippen molar-refractivity contribution < 1.29 is 23.5 Å². The van der Waals surface area contributed by atoms with Crippen molar-refractivity contribution in [2.45, 2.75) is 20.0 Å². The number of hydrogen-bond acceptors (Lipinski definition) is 4. The highest BCUT2D eigenvalue weighted by atomic mass is 35.5. The third-order valence-corrected chi connectivity index (χ3v) is 3.76. The normalized spacial score (nSPS) is 11.4. The third kappa shape index (κ3) is 5.63. The molecule has 0 fully saturated rings. The summed E-state index contributed by atoms with van der Waals surface area (Å²) in [6, 6.07) is 10.7. The number of halogens is 2. The molecule has 0 spiro atoms. The van der Waals surface area contributed by atoms with Gasteiger partial charge in [0, 0.05) is 5.02 Å². The van der Waals surface area contributed by atoms with E-state index in [9.17, 15) is 14.0 Å². The van der Waals surface area contributed by atoms with Gasteiger partial charge in [0.1, 0.15) is 5.75 Å². The van der Waals surface area contributed by atoms with Gasteiger partial charge in [0.05, 0.1) is 0 Å². The second kappa shape index (κ2) is 9.05. The van der Waals surface area contributed by atoms with Crippen LogP contribution in [0.5, 0.6) is 11.5 Å². The molecule has 0 aliphatic rings. The van der Waals surface area contributed by atoms with E-state index in [1.54, 1.807) is 24.3 Å². The zero-order valence-corrected chi connectivity index (χ0v) is 15.0. The number of para-hydroxylation sites is 1. The van der Waals surface area contributed by atoms with Gasteiger partial charge in [0.15, 0.2) is 24.3 Å². The van der Waals surface area contributed by atoms with Crippen LogP contribution in [-0.2, 0) is 9.59 Å². The molecule has 2 rings (SSSR count). The summed E-state index contributed by atoms with van der Waals surface area (Å²) in [7, 11) is 0. The van der Waals surface area contributed by atoms with Crippen LogP contribution in [0.3, 0.4) is 0 Å². The first-order chi connectivity index (χ1) is 12.4. The van der Waals surface area contributed by atoms with Gasteiger partial charge in [-0.2, -0.15) is 0 Å². The van der Waals surface area contributed by atoms with Gasteiger partial charge in [0.2, 0.25) is 0 Å². The van der Waals surface area contributed by atoms with Gasteiger partial charge in [-0.15, -0.1) is 0 Å². The van der Waals surface area contributed by atoms with Crippen LogP contribution in [0.4, 0.5) is 4.39 Å². The summed E-state index contributed by atoms with van der Waals surface area (Å²) in [5, 5.41) is 0.595. The van der Waals surface area contributed by atoms with Gasteiger partial charge in [0.25, 0.3) is 11.8 Å². The van der Waals surface area contributed by atoms with E-state index in [2.05, 4.69) is 10.9 Å². The van der Waals surface area contributed by atoms with Crippen LogP contribution in [-0.4, -0.2) is 24.5 Å². The minimum Gasteiger partial charge on any atom is -0.484 e. The van der Waals surface area contributed by atoms with Crippen molar-refractivity contribution in [1.82, 2.24) is 10.9 Å². The molecule has 0 aliphatic heterocycles. The monoisotopic (exact) mass is 380 g/mol. The SMILES string of the molecule is Cc1cc(OCC(=O)NNC(=O)[C@@H](C)Oc2ccccc2F)ccc1Cl. The lowest BCUT2D eigenvalue weighted by Gasteiger charge is -2.15. The number of ether oxygens (including phenoxy) is 2. The van der Waals surface area contributed by atoms with Crippen molar-refractivity contribution in [3.05, 3.63) is 58.9 Å². The van der Waals surface area contributed by atoms with Crippen LogP contribution in [0.25, 0.3) is 0 Å². The number of hydrazine groups is 1. The van der Waals surface area contributed by atoms with Crippen LogP contribution in [0.2, 0.25) is 5.02 Å². The second-order valence-electron chi connectivity index (χ2n) is 5.43. The largest absolute Gasteiger partial charge is 0.484 e. The number of amides is 2. The van der Waals surface area contributed by atoms with Crippen LogP contribution < -0.4 is 20.3 Å². The fourth-order valence-corrected chi connectivity index (χ4v) is 2.03. The van der Waals surface area contributed by atoms with Crippen molar-refractivity contribution >= 4 is 23.4 Å². The molecule has 0 aliphatic carbocycles. The quantitative estimate of drug-likeness (QED) is 0.755. The van der Waals surface area contributed by atoms with Crippen molar-refractivity contribution in [2.24, 2.45) is 0 Å². The highest BCUT2D eigenvalue weighted by Crippen LogP contribution is 2.21. The van der Waals surface area contributed by atoms with Gasteiger partial charge in [-0.1, -0.05) is 23.7 Å². The molecule has 2 N–H and O–H groups in total. The fourth-order valence-electron chi connectivity index (χ4n) is 1.91. The molecule has 1 atom stereocenters. The van der Waals surface area contributed by atoms with E-state index in [1.165, 1.54) is 25.1 Å². The smallest absolute Gasteiger partial charge is 0.279 e. The first-order valence-corrected chi connectivity index (χ1v) is 8.13. The molecule has 2 aromatic carbocycles. The van der Waals surface area contributed by atoms with Crippen LogP contribution in [0, 0.1) is 12.7 Å². The molecule has 2 aromatic rings. The number of carbonyl (C=O) groups excluding carboxylic acids is 2. The first-order valence-electron chi connectivity index (χ1n) is 7.75. The fraction of sp³-hybridized carbons (Fsp3) is 0.222. The lowest BCUT2D eigenvalue weighted by molar-refractivity contribution is -0.133. The Morgan fingerprint density at radius 3 is 2.62 bits per heavy atom. The number of aryl methyl sites for hydroxylation is 1. The van der Waals surface area contributed by atoms with Gasteiger partial charge in [-0.3, -0.25) is 20.4 Å². The first kappa shape index (κ1) is 19.5. The maximum Gasteiger partial charge on any atom is 0.279 e. The molecule has 0 unspecified atom stereocenters. The number of hydrogen-bond donors (Lipinski definition) is 2. The average Bonchev–Trinajstić information content (AvgIpc) is 2.62. The molecule has 0 aromatic heterocycles. The lowest BCUT2D eigenvalue weighted by atomic mass is 10.2. The lowest BCUT2D eigenvalue weighted by Crippen LogP contribution is -2.48. The third-order valence-electron chi connectivity index (χ3n) is 3.33. The summed E-state index contributed by atoms with van der Waals surface area (Å²) in [6.45, 7) is 2.94. The molecule has 138 valence electrons. The zero-order chi connectivity index (χ0) is 19.1. The summed E-state index contributed by atoms with van der Waals surface area (Å²) < 4.78 is 24.0. The predicted molar refractivity (Wildman–Crippen MR) is 94.5 cm³/mol. The Morgan fingerprint density at radius 1 is 1.19 bits per heavy atom. The Hall–Kier alpha value is -2.80. The molecule has 8 heteroatoms. The maximum absolute atomic E-state index is 13.5. The van der Waals surface area contributed by atoms with Gasteiger partial charge in [-0.05, 0) is 49.7 Å². The standard InChI is InChI=1S/C18H18ClFN2O4/c1-11-9-13(7-8-14(11)19)25-10-17(23)21-22-18(24)12(2)26-16-6-4-3-5-15(16)20/h3-9,12H,10H2,1-2H3,(H,21,23)(H,22,24)/t12-/m1/s1. The molecule has 0 heterocycles. The molecule has 0 bridgehead atoms. The molecule has 0 saturated heterocycles. The number of benzene rings is 2. The van der Waals surface area contributed by atoms with Gasteiger partial charge < -0.3 is 9.47 Å². The van der Waals surface area contributed by atoms with E-state index in [-0.39, 0.29) is 12.4 Å². The number of carbonyl (C=O) groups is 2. The maximum atomic E-state index is 13.5. The Kier molecular flexibility index (Phi) is 6.80. The summed E-state index contributed by atoms with van der Waals surface area (Å²) >= 11 is 5.91. The van der Waals surface area contributed by atoms with E-state index in [0.717, 1.165) is 5.56 Å². The molecule has 6 nitrogen and oxygen atoms in total. The molecule has 0 saturated carbocycles. The molecule has 0 radical (unpaired) electrons. The van der Waals surface area contributed by atoms with E-state index in [0.29, 0.717) is 10.8 Å². The highest BCUT2D eigenvalue weighted by molar-refractivity contribution is 6.31. The minimum absolute atomic E-state index is 0.0529. The average molecular weight is 381 g/mol. The Labute approximate surface area is 155 Å². The van der Waals surface area contributed by atoms with Crippen LogP contribution >= 0.6 is 11.6 Å².